The van der Waals surface area contributed by atoms with E-state index in [2.05, 4.69) is 29.6 Å². The molecule has 0 radical (unpaired) electrons. The van der Waals surface area contributed by atoms with Crippen LogP contribution in [0.3, 0.4) is 0 Å². The second kappa shape index (κ2) is 4.70. The number of thioether (sulfide) groups is 1. The fourth-order valence-corrected chi connectivity index (χ4v) is 3.28. The Morgan fingerprint density at radius 2 is 1.84 bits per heavy atom. The zero-order chi connectivity index (χ0) is 13.4. The van der Waals surface area contributed by atoms with Crippen LogP contribution in [-0.2, 0) is 4.79 Å². The lowest BCUT2D eigenvalue weighted by Crippen LogP contribution is -2.27. The Morgan fingerprint density at radius 3 is 2.53 bits per heavy atom. The van der Waals surface area contributed by atoms with Crippen molar-refractivity contribution in [2.75, 3.05) is 0 Å². The van der Waals surface area contributed by atoms with Gasteiger partial charge in [0.1, 0.15) is 0 Å². The minimum absolute atomic E-state index is 0.0149. The van der Waals surface area contributed by atoms with Gasteiger partial charge in [0.2, 0.25) is 5.91 Å². The Morgan fingerprint density at radius 1 is 1.11 bits per heavy atom. The third kappa shape index (κ3) is 2.24. The Balaban J connectivity index is 1.95. The van der Waals surface area contributed by atoms with Gasteiger partial charge in [-0.15, -0.1) is 0 Å². The highest BCUT2D eigenvalue weighted by Crippen LogP contribution is 2.33. The van der Waals surface area contributed by atoms with E-state index in [0.29, 0.717) is 0 Å². The molecule has 1 fully saturated rings. The van der Waals surface area contributed by atoms with Crippen molar-refractivity contribution in [3.05, 3.63) is 48.0 Å². The highest BCUT2D eigenvalue weighted by molar-refractivity contribution is 8.15. The van der Waals surface area contributed by atoms with Crippen LogP contribution in [0.1, 0.15) is 18.4 Å². The summed E-state index contributed by atoms with van der Waals surface area (Å²) in [4.78, 5) is 23.0. The second-order valence-corrected chi connectivity index (χ2v) is 5.82. The molecule has 2 aromatic rings. The van der Waals surface area contributed by atoms with Gasteiger partial charge in [-0.05, 0) is 16.3 Å². The maximum absolute atomic E-state index is 11.7. The molecule has 2 aromatic carbocycles. The van der Waals surface area contributed by atoms with Gasteiger partial charge < -0.3 is 0 Å². The monoisotopic (exact) mass is 271 g/mol. The van der Waals surface area contributed by atoms with Crippen LogP contribution in [0.2, 0.25) is 0 Å². The Labute approximate surface area is 115 Å². The minimum Gasteiger partial charge on any atom is -0.286 e. The molecule has 1 heterocycles. The third-order valence-electron chi connectivity index (χ3n) is 3.47. The number of carbonyl (C=O) groups is 2. The van der Waals surface area contributed by atoms with Crippen molar-refractivity contribution in [3.63, 3.8) is 0 Å². The maximum atomic E-state index is 11.7. The lowest BCUT2D eigenvalue weighted by Gasteiger charge is -2.16. The molecular weight excluding hydrogens is 258 g/mol. The lowest BCUT2D eigenvalue weighted by molar-refractivity contribution is -0.119. The predicted octanol–water partition coefficient (Wildman–Crippen LogP) is 3.29. The van der Waals surface area contributed by atoms with Gasteiger partial charge in [0.05, 0.1) is 5.25 Å². The van der Waals surface area contributed by atoms with Crippen LogP contribution in [-0.4, -0.2) is 16.4 Å². The summed E-state index contributed by atoms with van der Waals surface area (Å²) < 4.78 is 0. The van der Waals surface area contributed by atoms with Gasteiger partial charge in [-0.2, -0.15) is 0 Å². The van der Waals surface area contributed by atoms with Crippen molar-refractivity contribution < 1.29 is 9.59 Å². The van der Waals surface area contributed by atoms with Crippen LogP contribution in [0.4, 0.5) is 4.79 Å². The van der Waals surface area contributed by atoms with E-state index in [4.69, 9.17) is 0 Å². The zero-order valence-corrected chi connectivity index (χ0v) is 11.2. The van der Waals surface area contributed by atoms with E-state index in [1.54, 1.807) is 0 Å². The smallest absolute Gasteiger partial charge is 0.286 e. The van der Waals surface area contributed by atoms with E-state index in [1.807, 2.05) is 25.1 Å². The van der Waals surface area contributed by atoms with Crippen LogP contribution in [0.15, 0.2) is 42.5 Å². The van der Waals surface area contributed by atoms with Gasteiger partial charge in [0, 0.05) is 5.92 Å². The fourth-order valence-electron chi connectivity index (χ4n) is 2.36. The quantitative estimate of drug-likeness (QED) is 0.911. The Bertz CT molecular complexity index is 668. The molecule has 0 saturated carbocycles. The minimum atomic E-state index is -0.325. The van der Waals surface area contributed by atoms with E-state index < -0.39 is 0 Å². The number of rotatable bonds is 2. The summed E-state index contributed by atoms with van der Waals surface area (Å²) in [5, 5.41) is 4.10. The summed E-state index contributed by atoms with van der Waals surface area (Å²) >= 11 is 1.08. The summed E-state index contributed by atoms with van der Waals surface area (Å²) in [6.45, 7) is 1.99. The number of imide groups is 1. The Kier molecular flexibility index (Phi) is 3.03. The first-order valence-corrected chi connectivity index (χ1v) is 7.03. The molecule has 0 aliphatic carbocycles. The first kappa shape index (κ1) is 12.2. The molecule has 1 N–H and O–H groups in total. The standard InChI is InChI=1S/C15H13NO2S/c1-9(13-14(17)16-15(18)19-13)11-7-6-10-4-2-3-5-12(10)8-11/h2-9,13H,1H3,(H,16,17,18). The summed E-state index contributed by atoms with van der Waals surface area (Å²) in [5.41, 5.74) is 1.08. The molecule has 0 aromatic heterocycles. The van der Waals surface area contributed by atoms with Crippen LogP contribution in [0, 0.1) is 0 Å². The van der Waals surface area contributed by atoms with Crippen molar-refractivity contribution >= 4 is 33.7 Å². The molecular formula is C15H13NO2S. The number of nitrogens with one attached hydrogen (secondary N) is 1. The summed E-state index contributed by atoms with van der Waals surface area (Å²) in [6, 6.07) is 14.3. The van der Waals surface area contributed by atoms with Crippen LogP contribution in [0.5, 0.6) is 0 Å². The highest BCUT2D eigenvalue weighted by Gasteiger charge is 2.36. The van der Waals surface area contributed by atoms with Gasteiger partial charge in [-0.3, -0.25) is 14.9 Å². The predicted molar refractivity (Wildman–Crippen MR) is 77.3 cm³/mol. The number of benzene rings is 2. The first-order chi connectivity index (χ1) is 9.15. The van der Waals surface area contributed by atoms with Gasteiger partial charge in [0.25, 0.3) is 5.24 Å². The largest absolute Gasteiger partial charge is 0.286 e. The zero-order valence-electron chi connectivity index (χ0n) is 10.4. The average Bonchev–Trinajstić information content (AvgIpc) is 2.76. The third-order valence-corrected chi connectivity index (χ3v) is 4.66. The Hall–Kier alpha value is -1.81. The highest BCUT2D eigenvalue weighted by atomic mass is 32.2. The van der Waals surface area contributed by atoms with E-state index in [9.17, 15) is 9.59 Å². The summed E-state index contributed by atoms with van der Waals surface area (Å²) in [5.74, 6) is -0.170. The van der Waals surface area contributed by atoms with E-state index in [1.165, 1.54) is 5.39 Å². The van der Waals surface area contributed by atoms with Crippen LogP contribution in [0.25, 0.3) is 10.8 Å². The van der Waals surface area contributed by atoms with Crippen molar-refractivity contribution in [3.8, 4) is 0 Å². The maximum Gasteiger partial charge on any atom is 0.286 e. The number of fused-ring (bicyclic) bond motifs is 1. The molecule has 2 amide bonds. The van der Waals surface area contributed by atoms with Crippen LogP contribution < -0.4 is 5.32 Å². The van der Waals surface area contributed by atoms with Crippen molar-refractivity contribution in [2.45, 2.75) is 18.1 Å². The molecule has 19 heavy (non-hydrogen) atoms. The molecule has 3 rings (SSSR count). The molecule has 1 saturated heterocycles. The van der Waals surface area contributed by atoms with Gasteiger partial charge >= 0.3 is 0 Å². The van der Waals surface area contributed by atoms with Gasteiger partial charge in [-0.1, -0.05) is 61.2 Å². The average molecular weight is 271 g/mol. The lowest BCUT2D eigenvalue weighted by atomic mass is 9.94. The SMILES string of the molecule is CC(c1ccc2ccccc2c1)C1SC(=O)NC1=O. The molecule has 4 heteroatoms. The number of hydrogen-bond donors (Lipinski definition) is 1. The number of amides is 2. The number of hydrogen-bond acceptors (Lipinski definition) is 3. The molecule has 96 valence electrons. The molecule has 1 aliphatic rings. The summed E-state index contributed by atoms with van der Waals surface area (Å²) in [6.07, 6.45) is 0. The van der Waals surface area contributed by atoms with Crippen molar-refractivity contribution in [2.24, 2.45) is 0 Å². The fraction of sp³-hybridized carbons (Fsp3) is 0.200. The molecule has 0 bridgehead atoms. The van der Waals surface area contributed by atoms with Crippen molar-refractivity contribution in [1.29, 1.82) is 0 Å². The molecule has 2 unspecified atom stereocenters. The molecule has 3 nitrogen and oxygen atoms in total. The van der Waals surface area contributed by atoms with Gasteiger partial charge in [0.15, 0.2) is 0 Å². The van der Waals surface area contributed by atoms with E-state index >= 15 is 0 Å². The van der Waals surface area contributed by atoms with E-state index in [-0.39, 0.29) is 22.3 Å². The summed E-state index contributed by atoms with van der Waals surface area (Å²) in [7, 11) is 0. The molecule has 1 aliphatic heterocycles. The van der Waals surface area contributed by atoms with Gasteiger partial charge in [-0.25, -0.2) is 0 Å². The topological polar surface area (TPSA) is 46.2 Å². The molecule has 2 atom stereocenters. The van der Waals surface area contributed by atoms with Crippen LogP contribution >= 0.6 is 11.8 Å². The first-order valence-electron chi connectivity index (χ1n) is 6.15. The van der Waals surface area contributed by atoms with Crippen molar-refractivity contribution in [1.82, 2.24) is 5.32 Å². The second-order valence-electron chi connectivity index (χ2n) is 4.71. The van der Waals surface area contributed by atoms with E-state index in [0.717, 1.165) is 22.7 Å². The molecule has 0 spiro atoms. The number of carbonyl (C=O) groups excluding carboxylic acids is 2. The normalized spacial score (nSPS) is 20.6.